The van der Waals surface area contributed by atoms with E-state index >= 15 is 0 Å². The molecule has 0 bridgehead atoms. The molecule has 12 heteroatoms. The normalized spacial score (nSPS) is 13.4. The number of ether oxygens (including phenoxy) is 1. The SMILES string of the molecule is CCOP(=O)(COC(CO)Cn1cnc2c(=O)[nH]c(N)nc21)OCC. The van der Waals surface area contributed by atoms with Gasteiger partial charge in [-0.1, -0.05) is 0 Å². The average molecular weight is 375 g/mol. The highest BCUT2D eigenvalue weighted by molar-refractivity contribution is 7.53. The van der Waals surface area contributed by atoms with E-state index in [9.17, 15) is 14.5 Å². The molecule has 2 heterocycles. The summed E-state index contributed by atoms with van der Waals surface area (Å²) in [5.41, 5.74) is 5.47. The summed E-state index contributed by atoms with van der Waals surface area (Å²) in [5.74, 6) is -0.0436. The highest BCUT2D eigenvalue weighted by atomic mass is 31.2. The number of rotatable bonds is 10. The van der Waals surface area contributed by atoms with E-state index in [2.05, 4.69) is 15.0 Å². The Morgan fingerprint density at radius 3 is 2.68 bits per heavy atom. The second-order valence-corrected chi connectivity index (χ2v) is 7.06. The van der Waals surface area contributed by atoms with Crippen LogP contribution < -0.4 is 11.3 Å². The van der Waals surface area contributed by atoms with Gasteiger partial charge in [-0.05, 0) is 13.8 Å². The Morgan fingerprint density at radius 1 is 1.40 bits per heavy atom. The van der Waals surface area contributed by atoms with Crippen molar-refractivity contribution in [2.45, 2.75) is 26.5 Å². The van der Waals surface area contributed by atoms with Crippen LogP contribution in [0.1, 0.15) is 13.8 Å². The molecule has 2 rings (SSSR count). The molecule has 0 aliphatic rings. The summed E-state index contributed by atoms with van der Waals surface area (Å²) in [6.45, 7) is 3.59. The number of fused-ring (bicyclic) bond motifs is 1. The molecule has 0 amide bonds. The minimum absolute atomic E-state index is 0.0436. The maximum absolute atomic E-state index is 12.4. The van der Waals surface area contributed by atoms with Crippen molar-refractivity contribution in [1.82, 2.24) is 19.5 Å². The van der Waals surface area contributed by atoms with E-state index in [0.29, 0.717) is 0 Å². The van der Waals surface area contributed by atoms with E-state index in [-0.39, 0.29) is 49.8 Å². The first kappa shape index (κ1) is 19.5. The lowest BCUT2D eigenvalue weighted by molar-refractivity contribution is 0.0161. The fraction of sp³-hybridized carbons (Fsp3) is 0.615. The molecule has 0 saturated carbocycles. The summed E-state index contributed by atoms with van der Waals surface area (Å²) >= 11 is 0. The number of aromatic amines is 1. The van der Waals surface area contributed by atoms with Crippen LogP contribution in [0.25, 0.3) is 11.2 Å². The van der Waals surface area contributed by atoms with Gasteiger partial charge in [0.15, 0.2) is 11.2 Å². The molecule has 4 N–H and O–H groups in total. The molecule has 1 atom stereocenters. The zero-order valence-electron chi connectivity index (χ0n) is 14.0. The topological polar surface area (TPSA) is 155 Å². The van der Waals surface area contributed by atoms with Crippen LogP contribution in [-0.2, 0) is 24.9 Å². The number of imidazole rings is 1. The minimum atomic E-state index is -3.39. The second kappa shape index (κ2) is 8.54. The standard InChI is InChI=1S/C13H22N5O6P/c1-3-23-25(21,24-4-2)8-22-9(6-19)5-18-7-15-10-11(18)16-13(14)17-12(10)20/h7,9,19H,3-6,8H2,1-2H3,(H3,14,16,17,20). The van der Waals surface area contributed by atoms with E-state index in [1.165, 1.54) is 10.9 Å². The molecule has 1 unspecified atom stereocenters. The van der Waals surface area contributed by atoms with E-state index < -0.39 is 19.3 Å². The van der Waals surface area contributed by atoms with Crippen molar-refractivity contribution < 1.29 is 23.5 Å². The monoisotopic (exact) mass is 375 g/mol. The van der Waals surface area contributed by atoms with Crippen LogP contribution in [0.5, 0.6) is 0 Å². The Bertz CT molecular complexity index is 796. The van der Waals surface area contributed by atoms with E-state index in [1.807, 2.05) is 0 Å². The van der Waals surface area contributed by atoms with Gasteiger partial charge in [-0.3, -0.25) is 14.3 Å². The number of nitrogens with zero attached hydrogens (tertiary/aromatic N) is 3. The maximum atomic E-state index is 12.4. The quantitative estimate of drug-likeness (QED) is 0.497. The number of hydrogen-bond donors (Lipinski definition) is 3. The molecule has 2 aromatic rings. The molecule has 0 saturated heterocycles. The lowest BCUT2D eigenvalue weighted by Crippen LogP contribution is -2.25. The lowest BCUT2D eigenvalue weighted by Gasteiger charge is -2.21. The van der Waals surface area contributed by atoms with Crippen molar-refractivity contribution in [2.75, 3.05) is 31.9 Å². The van der Waals surface area contributed by atoms with Crippen LogP contribution in [-0.4, -0.2) is 56.9 Å². The van der Waals surface area contributed by atoms with Gasteiger partial charge in [0.05, 0.1) is 38.8 Å². The molecule has 0 aromatic carbocycles. The first-order valence-corrected chi connectivity index (χ1v) is 9.46. The summed E-state index contributed by atoms with van der Waals surface area (Å²) in [5, 5.41) is 9.52. The van der Waals surface area contributed by atoms with Crippen LogP contribution in [0.2, 0.25) is 0 Å². The molecule has 0 aliphatic carbocycles. The number of anilines is 1. The van der Waals surface area contributed by atoms with Crippen LogP contribution in [0.3, 0.4) is 0 Å². The predicted molar refractivity (Wildman–Crippen MR) is 90.2 cm³/mol. The lowest BCUT2D eigenvalue weighted by atomic mass is 10.3. The van der Waals surface area contributed by atoms with Gasteiger partial charge < -0.3 is 29.2 Å². The smallest absolute Gasteiger partial charge is 0.356 e. The Balaban J connectivity index is 2.12. The number of aromatic nitrogens is 4. The van der Waals surface area contributed by atoms with Gasteiger partial charge >= 0.3 is 7.60 Å². The molecule has 0 radical (unpaired) electrons. The number of aliphatic hydroxyl groups excluding tert-OH is 1. The number of aliphatic hydroxyl groups is 1. The van der Waals surface area contributed by atoms with Crippen molar-refractivity contribution in [3.63, 3.8) is 0 Å². The Hall–Kier alpha value is -1.78. The van der Waals surface area contributed by atoms with Gasteiger partial charge in [0, 0.05) is 0 Å². The molecule has 11 nitrogen and oxygen atoms in total. The minimum Gasteiger partial charge on any atom is -0.394 e. The van der Waals surface area contributed by atoms with E-state index in [1.54, 1.807) is 13.8 Å². The molecule has 0 fully saturated rings. The molecule has 0 aliphatic heterocycles. The predicted octanol–water partition coefficient (Wildman–Crippen LogP) is 0.303. The van der Waals surface area contributed by atoms with Crippen molar-refractivity contribution in [3.05, 3.63) is 16.7 Å². The fourth-order valence-electron chi connectivity index (χ4n) is 2.19. The highest BCUT2D eigenvalue weighted by Gasteiger charge is 2.26. The van der Waals surface area contributed by atoms with Gasteiger partial charge in [0.1, 0.15) is 6.35 Å². The third-order valence-corrected chi connectivity index (χ3v) is 4.99. The molecule has 0 spiro atoms. The summed E-state index contributed by atoms with van der Waals surface area (Å²) in [6, 6.07) is 0. The number of H-pyrrole nitrogens is 1. The molecule has 140 valence electrons. The summed E-state index contributed by atoms with van der Waals surface area (Å²) in [7, 11) is -3.39. The van der Waals surface area contributed by atoms with Crippen molar-refractivity contribution in [1.29, 1.82) is 0 Å². The number of nitrogen functional groups attached to an aromatic ring is 1. The zero-order valence-corrected chi connectivity index (χ0v) is 14.9. The molecule has 25 heavy (non-hydrogen) atoms. The molecule has 2 aromatic heterocycles. The summed E-state index contributed by atoms with van der Waals surface area (Å²) in [6.07, 6.45) is 0.361. The van der Waals surface area contributed by atoms with Crippen molar-refractivity contribution in [2.24, 2.45) is 0 Å². The fourth-order valence-corrected chi connectivity index (χ4v) is 3.59. The van der Waals surface area contributed by atoms with Gasteiger partial charge in [-0.2, -0.15) is 4.98 Å². The number of nitrogens with one attached hydrogen (secondary N) is 1. The Morgan fingerprint density at radius 2 is 2.08 bits per heavy atom. The zero-order chi connectivity index (χ0) is 18.4. The third kappa shape index (κ3) is 4.86. The van der Waals surface area contributed by atoms with Crippen molar-refractivity contribution >= 4 is 24.7 Å². The highest BCUT2D eigenvalue weighted by Crippen LogP contribution is 2.48. The van der Waals surface area contributed by atoms with Crippen LogP contribution in [0.4, 0.5) is 5.95 Å². The molecular weight excluding hydrogens is 353 g/mol. The third-order valence-electron chi connectivity index (χ3n) is 3.22. The number of hydrogen-bond acceptors (Lipinski definition) is 9. The van der Waals surface area contributed by atoms with Crippen molar-refractivity contribution in [3.8, 4) is 0 Å². The van der Waals surface area contributed by atoms with E-state index in [0.717, 1.165) is 0 Å². The first-order valence-electron chi connectivity index (χ1n) is 7.73. The Labute approximate surface area is 143 Å². The van der Waals surface area contributed by atoms with E-state index in [4.69, 9.17) is 19.5 Å². The van der Waals surface area contributed by atoms with Crippen LogP contribution in [0, 0.1) is 0 Å². The average Bonchev–Trinajstić information content (AvgIpc) is 2.95. The van der Waals surface area contributed by atoms with Crippen LogP contribution in [0.15, 0.2) is 11.1 Å². The summed E-state index contributed by atoms with van der Waals surface area (Å²) in [4.78, 5) is 22.1. The van der Waals surface area contributed by atoms with Gasteiger partial charge in [-0.15, -0.1) is 0 Å². The van der Waals surface area contributed by atoms with Gasteiger partial charge in [-0.25, -0.2) is 4.98 Å². The number of nitrogens with two attached hydrogens (primary N) is 1. The Kier molecular flexibility index (Phi) is 6.68. The first-order chi connectivity index (χ1) is 11.9. The van der Waals surface area contributed by atoms with Gasteiger partial charge in [0.25, 0.3) is 5.56 Å². The summed E-state index contributed by atoms with van der Waals surface area (Å²) < 4.78 is 29.7. The van der Waals surface area contributed by atoms with Gasteiger partial charge in [0.2, 0.25) is 5.95 Å². The molecular formula is C13H22N5O6P. The maximum Gasteiger partial charge on any atom is 0.356 e. The largest absolute Gasteiger partial charge is 0.394 e. The van der Waals surface area contributed by atoms with Crippen LogP contribution >= 0.6 is 7.60 Å². The second-order valence-electron chi connectivity index (χ2n) is 5.07.